The highest BCUT2D eigenvalue weighted by Gasteiger charge is 2.56. The van der Waals surface area contributed by atoms with Gasteiger partial charge >= 0.3 is 12.5 Å². The Bertz CT molecular complexity index is 586. The summed E-state index contributed by atoms with van der Waals surface area (Å²) in [4.78, 5) is 0. The minimum atomic E-state index is -4.80. The summed E-state index contributed by atoms with van der Waals surface area (Å²) in [6.07, 6.45) is -25.6. The van der Waals surface area contributed by atoms with E-state index in [1.54, 1.807) is 0 Å². The Morgan fingerprint density at radius 3 is 1.53 bits per heavy atom. The van der Waals surface area contributed by atoms with Crippen LogP contribution in [0.15, 0.2) is 0 Å². The molecule has 0 amide bonds. The number of alkyl halides is 10. The van der Waals surface area contributed by atoms with Crippen LogP contribution in [0.1, 0.15) is 51.4 Å². The minimum absolute atomic E-state index is 0.0366. The minimum Gasteiger partial charge on any atom is -0.317 e. The number of ether oxygens (including phenoxy) is 2. The second-order valence-electron chi connectivity index (χ2n) is 9.11. The van der Waals surface area contributed by atoms with Crippen molar-refractivity contribution in [3.63, 3.8) is 0 Å². The molecule has 3 aliphatic rings. The van der Waals surface area contributed by atoms with E-state index in [0.717, 1.165) is 0 Å². The summed E-state index contributed by atoms with van der Waals surface area (Å²) < 4.78 is 145. The Balaban J connectivity index is 1.56. The summed E-state index contributed by atoms with van der Waals surface area (Å²) in [7, 11) is 0. The molecule has 3 aliphatic carbocycles. The Labute approximate surface area is 179 Å². The average molecular weight is 488 g/mol. The van der Waals surface area contributed by atoms with Crippen molar-refractivity contribution in [3.8, 4) is 0 Å². The molecule has 0 aliphatic heterocycles. The zero-order chi connectivity index (χ0) is 23.8. The van der Waals surface area contributed by atoms with Gasteiger partial charge in [0.25, 0.3) is 0 Å². The lowest BCUT2D eigenvalue weighted by atomic mass is 9.70. The molecule has 12 heteroatoms. The summed E-state index contributed by atoms with van der Waals surface area (Å²) in [5, 5.41) is 0. The van der Waals surface area contributed by atoms with Gasteiger partial charge < -0.3 is 4.74 Å². The van der Waals surface area contributed by atoms with Crippen molar-refractivity contribution < 1.29 is 53.4 Å². The molecule has 32 heavy (non-hydrogen) atoms. The van der Waals surface area contributed by atoms with Gasteiger partial charge in [-0.15, -0.1) is 13.2 Å². The fourth-order valence-electron chi connectivity index (χ4n) is 5.43. The van der Waals surface area contributed by atoms with Crippen molar-refractivity contribution in [2.24, 2.45) is 17.8 Å². The van der Waals surface area contributed by atoms with Crippen LogP contribution in [0.25, 0.3) is 0 Å². The van der Waals surface area contributed by atoms with Crippen LogP contribution in [-0.4, -0.2) is 55.5 Å². The Morgan fingerprint density at radius 1 is 0.562 bits per heavy atom. The van der Waals surface area contributed by atoms with E-state index in [2.05, 4.69) is 9.47 Å². The largest absolute Gasteiger partial charge is 0.522 e. The first-order chi connectivity index (χ1) is 14.8. The van der Waals surface area contributed by atoms with Crippen LogP contribution < -0.4 is 0 Å². The third-order valence-corrected chi connectivity index (χ3v) is 6.83. The van der Waals surface area contributed by atoms with Gasteiger partial charge in [0.1, 0.15) is 36.8 Å². The van der Waals surface area contributed by atoms with Crippen molar-refractivity contribution in [2.75, 3.05) is 0 Å². The molecule has 0 aromatic heterocycles. The van der Waals surface area contributed by atoms with Crippen LogP contribution in [0.3, 0.4) is 0 Å². The highest BCUT2D eigenvalue weighted by Crippen LogP contribution is 2.47. The third-order valence-electron chi connectivity index (χ3n) is 6.83. The highest BCUT2D eigenvalue weighted by molar-refractivity contribution is 4.95. The maximum absolute atomic E-state index is 14.7. The molecule has 0 spiro atoms. The molecular formula is C20H26F10O2. The fraction of sp³-hybridized carbons (Fsp3) is 1.00. The van der Waals surface area contributed by atoms with Gasteiger partial charge in [0.2, 0.25) is 0 Å². The molecule has 0 aromatic rings. The lowest BCUT2D eigenvalue weighted by Crippen LogP contribution is -2.52. The first-order valence-electron chi connectivity index (χ1n) is 10.8. The van der Waals surface area contributed by atoms with E-state index >= 15 is 0 Å². The summed E-state index contributed by atoms with van der Waals surface area (Å²) >= 11 is 0. The van der Waals surface area contributed by atoms with Crippen molar-refractivity contribution in [1.82, 2.24) is 0 Å². The summed E-state index contributed by atoms with van der Waals surface area (Å²) in [6.45, 7) is 0. The number of hydrogen-bond donors (Lipinski definition) is 0. The van der Waals surface area contributed by atoms with Gasteiger partial charge in [-0.05, 0) is 31.6 Å². The molecule has 0 radical (unpaired) electrons. The van der Waals surface area contributed by atoms with Crippen molar-refractivity contribution in [2.45, 2.75) is 107 Å². The van der Waals surface area contributed by atoms with Crippen molar-refractivity contribution >= 4 is 0 Å². The highest BCUT2D eigenvalue weighted by atomic mass is 19.4. The van der Waals surface area contributed by atoms with Gasteiger partial charge in [0.15, 0.2) is 0 Å². The van der Waals surface area contributed by atoms with Gasteiger partial charge in [0.05, 0.1) is 12.2 Å². The molecule has 0 N–H and O–H groups in total. The Kier molecular flexibility index (Phi) is 7.94. The van der Waals surface area contributed by atoms with Crippen LogP contribution in [0.2, 0.25) is 0 Å². The van der Waals surface area contributed by atoms with Gasteiger partial charge in [-0.2, -0.15) is 8.78 Å². The second-order valence-corrected chi connectivity index (χ2v) is 9.11. The molecule has 0 bridgehead atoms. The van der Waals surface area contributed by atoms with Crippen LogP contribution in [0.4, 0.5) is 43.9 Å². The SMILES string of the molecule is FC1CC(F)C(C(F)(F)OC2CC(F)C(C3CCC(OC(F)(F)F)CC3)C(F)C2)C(F)C1. The maximum atomic E-state index is 14.7. The molecular weight excluding hydrogens is 462 g/mol. The predicted octanol–water partition coefficient (Wildman–Crippen LogP) is 6.57. The average Bonchev–Trinajstić information content (AvgIpc) is 2.59. The quantitative estimate of drug-likeness (QED) is 0.408. The molecule has 3 rings (SSSR count). The van der Waals surface area contributed by atoms with Crippen LogP contribution >= 0.6 is 0 Å². The van der Waals surface area contributed by atoms with Gasteiger partial charge in [-0.1, -0.05) is 0 Å². The van der Waals surface area contributed by atoms with Gasteiger partial charge in [-0.25, -0.2) is 22.0 Å². The van der Waals surface area contributed by atoms with E-state index in [4.69, 9.17) is 0 Å². The molecule has 188 valence electrons. The lowest BCUT2D eigenvalue weighted by molar-refractivity contribution is -0.346. The fourth-order valence-corrected chi connectivity index (χ4v) is 5.43. The molecule has 4 unspecified atom stereocenters. The topological polar surface area (TPSA) is 18.5 Å². The Morgan fingerprint density at radius 2 is 1.06 bits per heavy atom. The molecule has 3 fully saturated rings. The number of rotatable bonds is 5. The molecule has 2 nitrogen and oxygen atoms in total. The number of halogens is 10. The second kappa shape index (κ2) is 9.84. The molecule has 3 saturated carbocycles. The normalized spacial score (nSPS) is 44.4. The van der Waals surface area contributed by atoms with Gasteiger partial charge in [0, 0.05) is 31.6 Å². The predicted molar refractivity (Wildman–Crippen MR) is 92.6 cm³/mol. The van der Waals surface area contributed by atoms with E-state index in [9.17, 15) is 43.9 Å². The molecule has 4 atom stereocenters. The van der Waals surface area contributed by atoms with E-state index in [0.29, 0.717) is 0 Å². The maximum Gasteiger partial charge on any atom is 0.522 e. The number of hydrogen-bond acceptors (Lipinski definition) is 2. The zero-order valence-electron chi connectivity index (χ0n) is 17.0. The van der Waals surface area contributed by atoms with Crippen molar-refractivity contribution in [1.29, 1.82) is 0 Å². The summed E-state index contributed by atoms with van der Waals surface area (Å²) in [5.74, 6) is -4.34. The van der Waals surface area contributed by atoms with E-state index in [-0.39, 0.29) is 25.7 Å². The smallest absolute Gasteiger partial charge is 0.317 e. The zero-order valence-corrected chi connectivity index (χ0v) is 17.0. The lowest BCUT2D eigenvalue weighted by Gasteiger charge is -2.43. The van der Waals surface area contributed by atoms with E-state index < -0.39 is 99.0 Å². The van der Waals surface area contributed by atoms with E-state index in [1.165, 1.54) is 0 Å². The Hall–Kier alpha value is -0.780. The summed E-state index contributed by atoms with van der Waals surface area (Å²) in [6, 6.07) is 0. The van der Waals surface area contributed by atoms with Crippen LogP contribution in [0, 0.1) is 17.8 Å². The van der Waals surface area contributed by atoms with E-state index in [1.807, 2.05) is 0 Å². The van der Waals surface area contributed by atoms with Crippen LogP contribution in [0.5, 0.6) is 0 Å². The first kappa shape index (κ1) is 25.8. The molecule has 0 aromatic carbocycles. The monoisotopic (exact) mass is 488 g/mol. The standard InChI is InChI=1S/C20H26F10O2/c21-10-5-15(24)18(16(25)6-10)19(26,27)31-12-7-13(22)17(14(23)8-12)9-1-3-11(4-2-9)32-20(28,29)30/h9-18H,1-8H2. The first-order valence-corrected chi connectivity index (χ1v) is 10.8. The third kappa shape index (κ3) is 6.21. The van der Waals surface area contributed by atoms with Crippen LogP contribution in [-0.2, 0) is 9.47 Å². The van der Waals surface area contributed by atoms with Gasteiger partial charge in [-0.3, -0.25) is 4.74 Å². The molecule has 0 saturated heterocycles. The van der Waals surface area contributed by atoms with Crippen molar-refractivity contribution in [3.05, 3.63) is 0 Å². The molecule has 0 heterocycles. The summed E-state index contributed by atoms with van der Waals surface area (Å²) in [5.41, 5.74) is 0.